The van der Waals surface area contributed by atoms with E-state index in [0.29, 0.717) is 10.0 Å². The molecule has 1 aliphatic heterocycles. The number of imidazole rings is 1. The van der Waals surface area contributed by atoms with Crippen LogP contribution in [0.5, 0.6) is 0 Å². The summed E-state index contributed by atoms with van der Waals surface area (Å²) in [6, 6.07) is 13.7. The molecule has 1 aromatic heterocycles. The number of rotatable bonds is 4. The Morgan fingerprint density at radius 1 is 1.07 bits per heavy atom. The lowest BCUT2D eigenvalue weighted by Gasteiger charge is -2.17. The highest BCUT2D eigenvalue weighted by molar-refractivity contribution is 6.36. The van der Waals surface area contributed by atoms with Crippen molar-refractivity contribution in [3.05, 3.63) is 81.4 Å². The van der Waals surface area contributed by atoms with Crippen molar-refractivity contribution in [2.75, 3.05) is 14.1 Å². The van der Waals surface area contributed by atoms with E-state index in [4.69, 9.17) is 33.2 Å². The van der Waals surface area contributed by atoms with Gasteiger partial charge in [0, 0.05) is 27.7 Å². The number of fused-ring (bicyclic) bond motifs is 3. The van der Waals surface area contributed by atoms with E-state index in [-0.39, 0.29) is 6.04 Å². The maximum Gasteiger partial charge on any atom is 0.138 e. The summed E-state index contributed by atoms with van der Waals surface area (Å²) in [5.74, 6) is 0.949. The van der Waals surface area contributed by atoms with Crippen LogP contribution in [-0.4, -0.2) is 34.3 Å². The second-order valence-electron chi connectivity index (χ2n) is 7.22. The number of halogens is 2. The minimum atomic E-state index is -0.0617. The van der Waals surface area contributed by atoms with Gasteiger partial charge in [-0.1, -0.05) is 48.3 Å². The molecular formula is C22H22Cl2N4. The highest BCUT2D eigenvalue weighted by Crippen LogP contribution is 2.35. The molecule has 3 aromatic rings. The third kappa shape index (κ3) is 3.37. The summed E-state index contributed by atoms with van der Waals surface area (Å²) >= 11 is 12.9. The van der Waals surface area contributed by atoms with E-state index in [9.17, 15) is 0 Å². The molecule has 0 aliphatic carbocycles. The van der Waals surface area contributed by atoms with Crippen molar-refractivity contribution in [1.29, 1.82) is 0 Å². The number of hydrogen-bond donors (Lipinski definition) is 0. The van der Waals surface area contributed by atoms with Gasteiger partial charge in [0.05, 0.1) is 23.3 Å². The number of aromatic nitrogens is 2. The van der Waals surface area contributed by atoms with Crippen LogP contribution in [0.3, 0.4) is 0 Å². The van der Waals surface area contributed by atoms with Gasteiger partial charge >= 0.3 is 0 Å². The molecule has 6 heteroatoms. The fraction of sp³-hybridized carbons (Fsp3) is 0.273. The van der Waals surface area contributed by atoms with Crippen molar-refractivity contribution in [2.24, 2.45) is 4.99 Å². The maximum absolute atomic E-state index is 6.55. The predicted octanol–water partition coefficient (Wildman–Crippen LogP) is 5.54. The summed E-state index contributed by atoms with van der Waals surface area (Å²) in [4.78, 5) is 12.0. The van der Waals surface area contributed by atoms with Crippen LogP contribution in [0.4, 0.5) is 0 Å². The Morgan fingerprint density at radius 3 is 2.57 bits per heavy atom. The van der Waals surface area contributed by atoms with Gasteiger partial charge in [-0.05, 0) is 44.8 Å². The monoisotopic (exact) mass is 412 g/mol. The van der Waals surface area contributed by atoms with Crippen LogP contribution in [0.1, 0.15) is 42.0 Å². The molecule has 0 saturated heterocycles. The van der Waals surface area contributed by atoms with Crippen LogP contribution in [-0.2, 0) is 6.54 Å². The molecule has 0 N–H and O–H groups in total. The Balaban J connectivity index is 2.02. The van der Waals surface area contributed by atoms with Gasteiger partial charge in [0.15, 0.2) is 0 Å². The molecule has 144 valence electrons. The van der Waals surface area contributed by atoms with Crippen LogP contribution in [0, 0.1) is 0 Å². The highest BCUT2D eigenvalue weighted by atomic mass is 35.5. The lowest BCUT2D eigenvalue weighted by Crippen LogP contribution is -2.16. The zero-order valence-corrected chi connectivity index (χ0v) is 17.7. The Hall–Kier alpha value is -2.14. The molecule has 0 bridgehead atoms. The fourth-order valence-corrected chi connectivity index (χ4v) is 4.07. The second-order valence-corrected chi connectivity index (χ2v) is 8.07. The molecule has 28 heavy (non-hydrogen) atoms. The summed E-state index contributed by atoms with van der Waals surface area (Å²) < 4.78 is 2.23. The van der Waals surface area contributed by atoms with E-state index < -0.39 is 0 Å². The molecule has 1 aliphatic rings. The molecule has 4 nitrogen and oxygen atoms in total. The van der Waals surface area contributed by atoms with E-state index in [1.165, 1.54) is 0 Å². The van der Waals surface area contributed by atoms with E-state index in [1.54, 1.807) is 0 Å². The van der Waals surface area contributed by atoms with Crippen molar-refractivity contribution < 1.29 is 0 Å². The molecule has 0 radical (unpaired) electrons. The quantitative estimate of drug-likeness (QED) is 0.563. The molecule has 1 atom stereocenters. The van der Waals surface area contributed by atoms with Gasteiger partial charge in [-0.15, -0.1) is 0 Å². The minimum Gasteiger partial charge on any atom is -0.304 e. The van der Waals surface area contributed by atoms with Crippen molar-refractivity contribution in [1.82, 2.24) is 14.5 Å². The Labute approximate surface area is 175 Å². The molecule has 2 aromatic carbocycles. The summed E-state index contributed by atoms with van der Waals surface area (Å²) in [5.41, 5.74) is 4.89. The van der Waals surface area contributed by atoms with Gasteiger partial charge < -0.3 is 4.90 Å². The average molecular weight is 413 g/mol. The average Bonchev–Trinajstić information content (AvgIpc) is 3.00. The predicted molar refractivity (Wildman–Crippen MR) is 116 cm³/mol. The first-order valence-corrected chi connectivity index (χ1v) is 10.1. The molecule has 2 heterocycles. The number of hydrogen-bond acceptors (Lipinski definition) is 3. The molecule has 0 fully saturated rings. The molecule has 0 amide bonds. The van der Waals surface area contributed by atoms with Crippen LogP contribution >= 0.6 is 23.2 Å². The third-order valence-electron chi connectivity index (χ3n) is 4.89. The van der Waals surface area contributed by atoms with Gasteiger partial charge in [0.2, 0.25) is 0 Å². The molecule has 0 spiro atoms. The number of aliphatic imine (C=N–C) groups is 1. The van der Waals surface area contributed by atoms with Gasteiger partial charge in [-0.3, -0.25) is 9.56 Å². The maximum atomic E-state index is 6.55. The zero-order valence-electron chi connectivity index (χ0n) is 16.2. The molecule has 1 unspecified atom stereocenters. The first kappa shape index (κ1) is 19.2. The van der Waals surface area contributed by atoms with Crippen LogP contribution in [0.15, 0.2) is 53.7 Å². The Morgan fingerprint density at radius 2 is 1.86 bits per heavy atom. The smallest absolute Gasteiger partial charge is 0.138 e. The van der Waals surface area contributed by atoms with Crippen molar-refractivity contribution >= 4 is 28.9 Å². The van der Waals surface area contributed by atoms with E-state index in [1.807, 2.05) is 48.7 Å². The van der Waals surface area contributed by atoms with Gasteiger partial charge in [-0.2, -0.15) is 0 Å². The third-order valence-corrected chi connectivity index (χ3v) is 5.46. The summed E-state index contributed by atoms with van der Waals surface area (Å²) in [6.45, 7) is 2.92. The van der Waals surface area contributed by atoms with Crippen molar-refractivity contribution in [3.63, 3.8) is 0 Å². The fourth-order valence-electron chi connectivity index (χ4n) is 3.67. The standard InChI is InChI=1S/C22H22Cl2N4/c1-4-19-22-25-12-15(13-27(2)3)28(22)20-10-9-14(23)11-17(20)21(26-19)16-7-5-6-8-18(16)24/h5-12,19H,4,13H2,1-3H3. The van der Waals surface area contributed by atoms with Crippen molar-refractivity contribution in [3.8, 4) is 5.69 Å². The highest BCUT2D eigenvalue weighted by Gasteiger charge is 2.28. The Bertz CT molecular complexity index is 1050. The van der Waals surface area contributed by atoms with Gasteiger partial charge in [0.1, 0.15) is 11.9 Å². The van der Waals surface area contributed by atoms with Crippen LogP contribution in [0.2, 0.25) is 10.0 Å². The lowest BCUT2D eigenvalue weighted by atomic mass is 10.00. The largest absolute Gasteiger partial charge is 0.304 e. The molecular weight excluding hydrogens is 391 g/mol. The Kier molecular flexibility index (Phi) is 5.28. The summed E-state index contributed by atoms with van der Waals surface area (Å²) in [5, 5.41) is 1.35. The molecule has 0 saturated carbocycles. The lowest BCUT2D eigenvalue weighted by molar-refractivity contribution is 0.393. The number of benzene rings is 2. The normalized spacial score (nSPS) is 15.8. The van der Waals surface area contributed by atoms with Crippen molar-refractivity contribution in [2.45, 2.75) is 25.9 Å². The van der Waals surface area contributed by atoms with E-state index >= 15 is 0 Å². The first-order chi connectivity index (χ1) is 13.5. The number of nitrogens with zero attached hydrogens (tertiary/aromatic N) is 4. The van der Waals surface area contributed by atoms with Crippen LogP contribution in [0.25, 0.3) is 5.69 Å². The van der Waals surface area contributed by atoms with Gasteiger partial charge in [-0.25, -0.2) is 4.98 Å². The zero-order chi connectivity index (χ0) is 19.8. The first-order valence-electron chi connectivity index (χ1n) is 9.33. The summed E-state index contributed by atoms with van der Waals surface area (Å²) in [7, 11) is 4.12. The van der Waals surface area contributed by atoms with E-state index in [2.05, 4.69) is 30.5 Å². The van der Waals surface area contributed by atoms with Gasteiger partial charge in [0.25, 0.3) is 0 Å². The SMILES string of the molecule is CCC1N=C(c2ccccc2Cl)c2cc(Cl)ccc2-n2c(CN(C)C)cnc21. The second kappa shape index (κ2) is 7.70. The van der Waals surface area contributed by atoms with Crippen LogP contribution < -0.4 is 0 Å². The summed E-state index contributed by atoms with van der Waals surface area (Å²) in [6.07, 6.45) is 2.79. The minimum absolute atomic E-state index is 0.0617. The topological polar surface area (TPSA) is 33.4 Å². The molecule has 4 rings (SSSR count). The van der Waals surface area contributed by atoms with E-state index in [0.717, 1.165) is 47.0 Å².